The van der Waals surface area contributed by atoms with Gasteiger partial charge in [-0.25, -0.2) is 0 Å². The van der Waals surface area contributed by atoms with Crippen molar-refractivity contribution in [3.63, 3.8) is 0 Å². The highest BCUT2D eigenvalue weighted by Crippen LogP contribution is 2.19. The number of hydrogen-bond acceptors (Lipinski definition) is 3. The van der Waals surface area contributed by atoms with Gasteiger partial charge < -0.3 is 15.2 Å². The van der Waals surface area contributed by atoms with E-state index in [1.54, 1.807) is 6.07 Å². The van der Waals surface area contributed by atoms with Gasteiger partial charge in [0.15, 0.2) is 0 Å². The first-order valence-corrected chi connectivity index (χ1v) is 7.67. The van der Waals surface area contributed by atoms with Crippen LogP contribution in [0, 0.1) is 12.8 Å². The molecular formula is C15H20BrNO3. The van der Waals surface area contributed by atoms with Crippen LogP contribution in [0.15, 0.2) is 22.7 Å². The second kappa shape index (κ2) is 7.20. The van der Waals surface area contributed by atoms with E-state index in [2.05, 4.69) is 21.2 Å². The fourth-order valence-electron chi connectivity index (χ4n) is 2.40. The second-order valence-electron chi connectivity index (χ2n) is 5.19. The molecule has 110 valence electrons. The second-order valence-corrected chi connectivity index (χ2v) is 6.10. The lowest BCUT2D eigenvalue weighted by molar-refractivity contribution is 0.00872. The standard InChI is InChI=1S/C15H20BrNO3/c1-10-2-3-12(16)8-13(10)15(19)17-9-14(18)11-4-6-20-7-5-11/h2-3,8,11,14,18H,4-7,9H2,1H3,(H,17,19). The van der Waals surface area contributed by atoms with Crippen molar-refractivity contribution in [1.82, 2.24) is 5.32 Å². The molecule has 0 saturated carbocycles. The molecule has 0 spiro atoms. The van der Waals surface area contributed by atoms with Gasteiger partial charge in [0.1, 0.15) is 0 Å². The van der Waals surface area contributed by atoms with Gasteiger partial charge in [-0.3, -0.25) is 4.79 Å². The molecule has 1 aromatic carbocycles. The van der Waals surface area contributed by atoms with E-state index >= 15 is 0 Å². The predicted octanol–water partition coefficient (Wildman–Crippen LogP) is 2.27. The molecule has 5 heteroatoms. The minimum Gasteiger partial charge on any atom is -0.391 e. The molecule has 1 amide bonds. The number of rotatable bonds is 4. The van der Waals surface area contributed by atoms with Gasteiger partial charge in [0, 0.05) is 29.8 Å². The van der Waals surface area contributed by atoms with E-state index in [1.807, 2.05) is 19.1 Å². The highest BCUT2D eigenvalue weighted by molar-refractivity contribution is 9.10. The summed E-state index contributed by atoms with van der Waals surface area (Å²) in [5.41, 5.74) is 1.56. The first kappa shape index (κ1) is 15.5. The van der Waals surface area contributed by atoms with Gasteiger partial charge >= 0.3 is 0 Å². The Morgan fingerprint density at radius 2 is 2.20 bits per heavy atom. The number of nitrogens with one attached hydrogen (secondary N) is 1. The zero-order valence-electron chi connectivity index (χ0n) is 11.6. The van der Waals surface area contributed by atoms with Crippen molar-refractivity contribution in [2.24, 2.45) is 5.92 Å². The Morgan fingerprint density at radius 1 is 1.50 bits per heavy atom. The number of ether oxygens (including phenoxy) is 1. The summed E-state index contributed by atoms with van der Waals surface area (Å²) in [6, 6.07) is 5.60. The van der Waals surface area contributed by atoms with E-state index in [0.717, 1.165) is 22.9 Å². The normalized spacial score (nSPS) is 17.8. The molecule has 0 bridgehead atoms. The molecule has 1 heterocycles. The van der Waals surface area contributed by atoms with Crippen molar-refractivity contribution in [1.29, 1.82) is 0 Å². The summed E-state index contributed by atoms with van der Waals surface area (Å²) in [6.45, 7) is 3.58. The number of aliphatic hydroxyl groups is 1. The molecule has 1 atom stereocenters. The summed E-state index contributed by atoms with van der Waals surface area (Å²) >= 11 is 3.36. The molecule has 2 rings (SSSR count). The fraction of sp³-hybridized carbons (Fsp3) is 0.533. The minimum atomic E-state index is -0.504. The van der Waals surface area contributed by atoms with E-state index in [-0.39, 0.29) is 18.4 Å². The van der Waals surface area contributed by atoms with Gasteiger partial charge in [0.25, 0.3) is 5.91 Å². The maximum atomic E-state index is 12.1. The van der Waals surface area contributed by atoms with Crippen molar-refractivity contribution in [2.75, 3.05) is 19.8 Å². The summed E-state index contributed by atoms with van der Waals surface area (Å²) in [5.74, 6) is 0.0718. The highest BCUT2D eigenvalue weighted by Gasteiger charge is 2.22. The Balaban J connectivity index is 1.89. The van der Waals surface area contributed by atoms with Crippen LogP contribution in [0.2, 0.25) is 0 Å². The molecular weight excluding hydrogens is 322 g/mol. The van der Waals surface area contributed by atoms with Crippen LogP contribution < -0.4 is 5.32 Å². The summed E-state index contributed by atoms with van der Waals surface area (Å²) in [5, 5.41) is 12.9. The number of aliphatic hydroxyl groups excluding tert-OH is 1. The Bertz CT molecular complexity index is 472. The molecule has 1 aliphatic rings. The van der Waals surface area contributed by atoms with Crippen LogP contribution in [-0.2, 0) is 4.74 Å². The molecule has 2 N–H and O–H groups in total. The lowest BCUT2D eigenvalue weighted by atomic mass is 9.94. The zero-order valence-corrected chi connectivity index (χ0v) is 13.1. The number of aryl methyl sites for hydroxylation is 1. The predicted molar refractivity (Wildman–Crippen MR) is 80.8 cm³/mol. The average Bonchev–Trinajstić information content (AvgIpc) is 2.47. The maximum Gasteiger partial charge on any atom is 0.251 e. The molecule has 1 aromatic rings. The van der Waals surface area contributed by atoms with Crippen LogP contribution in [0.25, 0.3) is 0 Å². The first-order valence-electron chi connectivity index (χ1n) is 6.88. The molecule has 1 unspecified atom stereocenters. The van der Waals surface area contributed by atoms with Crippen molar-refractivity contribution in [3.8, 4) is 0 Å². The molecule has 1 fully saturated rings. The number of carbonyl (C=O) groups is 1. The maximum absolute atomic E-state index is 12.1. The summed E-state index contributed by atoms with van der Waals surface area (Å²) in [4.78, 5) is 12.1. The Kier molecular flexibility index (Phi) is 5.57. The topological polar surface area (TPSA) is 58.6 Å². The van der Waals surface area contributed by atoms with E-state index in [0.29, 0.717) is 18.8 Å². The van der Waals surface area contributed by atoms with Gasteiger partial charge in [-0.05, 0) is 43.4 Å². The van der Waals surface area contributed by atoms with Crippen LogP contribution in [0.1, 0.15) is 28.8 Å². The highest BCUT2D eigenvalue weighted by atomic mass is 79.9. The lowest BCUT2D eigenvalue weighted by Crippen LogP contribution is -2.38. The van der Waals surface area contributed by atoms with Gasteiger partial charge in [-0.2, -0.15) is 0 Å². The van der Waals surface area contributed by atoms with Gasteiger partial charge in [0.05, 0.1) is 6.10 Å². The largest absolute Gasteiger partial charge is 0.391 e. The van der Waals surface area contributed by atoms with Crippen molar-refractivity contribution >= 4 is 21.8 Å². The molecule has 0 radical (unpaired) electrons. The van der Waals surface area contributed by atoms with E-state index in [9.17, 15) is 9.90 Å². The summed E-state index contributed by atoms with van der Waals surface area (Å²) in [7, 11) is 0. The zero-order chi connectivity index (χ0) is 14.5. The van der Waals surface area contributed by atoms with Crippen molar-refractivity contribution < 1.29 is 14.6 Å². The van der Waals surface area contributed by atoms with Gasteiger partial charge in [0.2, 0.25) is 0 Å². The van der Waals surface area contributed by atoms with Gasteiger partial charge in [-0.1, -0.05) is 22.0 Å². The molecule has 0 aliphatic carbocycles. The van der Waals surface area contributed by atoms with Crippen LogP contribution in [0.4, 0.5) is 0 Å². The number of carbonyl (C=O) groups excluding carboxylic acids is 1. The number of hydrogen-bond donors (Lipinski definition) is 2. The fourth-order valence-corrected chi connectivity index (χ4v) is 2.76. The SMILES string of the molecule is Cc1ccc(Br)cc1C(=O)NCC(O)C1CCOCC1. The van der Waals surface area contributed by atoms with Crippen LogP contribution in [0.3, 0.4) is 0 Å². The van der Waals surface area contributed by atoms with E-state index in [1.165, 1.54) is 0 Å². The van der Waals surface area contributed by atoms with Gasteiger partial charge in [-0.15, -0.1) is 0 Å². The quantitative estimate of drug-likeness (QED) is 0.883. The third-order valence-corrected chi connectivity index (χ3v) is 4.22. The Morgan fingerprint density at radius 3 is 2.90 bits per heavy atom. The smallest absolute Gasteiger partial charge is 0.251 e. The molecule has 0 aromatic heterocycles. The summed E-state index contributed by atoms with van der Waals surface area (Å²) in [6.07, 6.45) is 1.20. The number of amides is 1. The monoisotopic (exact) mass is 341 g/mol. The Hall–Kier alpha value is -0.910. The third-order valence-electron chi connectivity index (χ3n) is 3.73. The number of halogens is 1. The number of benzene rings is 1. The van der Waals surface area contributed by atoms with Crippen LogP contribution in [0.5, 0.6) is 0 Å². The molecule has 1 saturated heterocycles. The minimum absolute atomic E-state index is 0.144. The molecule has 4 nitrogen and oxygen atoms in total. The van der Waals surface area contributed by atoms with E-state index in [4.69, 9.17) is 4.74 Å². The molecule has 20 heavy (non-hydrogen) atoms. The van der Waals surface area contributed by atoms with Crippen molar-refractivity contribution in [3.05, 3.63) is 33.8 Å². The van der Waals surface area contributed by atoms with Crippen LogP contribution in [-0.4, -0.2) is 36.9 Å². The third kappa shape index (κ3) is 4.04. The molecule has 1 aliphatic heterocycles. The lowest BCUT2D eigenvalue weighted by Gasteiger charge is -2.26. The Labute approximate surface area is 127 Å². The summed E-state index contributed by atoms with van der Waals surface area (Å²) < 4.78 is 6.14. The average molecular weight is 342 g/mol. The van der Waals surface area contributed by atoms with Crippen LogP contribution >= 0.6 is 15.9 Å². The van der Waals surface area contributed by atoms with Crippen molar-refractivity contribution in [2.45, 2.75) is 25.9 Å². The first-order chi connectivity index (χ1) is 9.58. The van der Waals surface area contributed by atoms with E-state index < -0.39 is 6.10 Å².